The lowest BCUT2D eigenvalue weighted by molar-refractivity contribution is 0.395. The molecule has 2 N–H and O–H groups in total. The van der Waals surface area contributed by atoms with Crippen molar-refractivity contribution in [3.63, 3.8) is 0 Å². The van der Waals surface area contributed by atoms with Crippen LogP contribution in [-0.4, -0.2) is 33.9 Å². The third-order valence-electron chi connectivity index (χ3n) is 2.74. The van der Waals surface area contributed by atoms with Gasteiger partial charge in [0.25, 0.3) is 0 Å². The molecule has 1 aromatic heterocycles. The Morgan fingerprint density at radius 2 is 1.86 bits per heavy atom. The number of hydrogen-bond acceptors (Lipinski definition) is 6. The molecule has 0 fully saturated rings. The number of benzene rings is 1. The van der Waals surface area contributed by atoms with E-state index in [4.69, 9.17) is 9.47 Å². The zero-order valence-electron chi connectivity index (χ0n) is 12.5. The Morgan fingerprint density at radius 3 is 2.41 bits per heavy atom. The van der Waals surface area contributed by atoms with Gasteiger partial charge in [0.05, 0.1) is 38.0 Å². The van der Waals surface area contributed by atoms with Crippen molar-refractivity contribution >= 4 is 27.2 Å². The number of ether oxygens (including phenoxy) is 2. The first-order valence-electron chi connectivity index (χ1n) is 6.34. The van der Waals surface area contributed by atoms with Crippen LogP contribution in [0.4, 0.5) is 17.2 Å². The van der Waals surface area contributed by atoms with E-state index in [-0.39, 0.29) is 5.82 Å². The van der Waals surface area contributed by atoms with Crippen molar-refractivity contribution in [2.45, 2.75) is 0 Å². The van der Waals surface area contributed by atoms with Crippen molar-refractivity contribution < 1.29 is 17.9 Å². The maximum absolute atomic E-state index is 11.1. The average molecular weight is 323 g/mol. The van der Waals surface area contributed by atoms with E-state index >= 15 is 0 Å². The number of rotatable bonds is 6. The van der Waals surface area contributed by atoms with E-state index in [1.807, 2.05) is 6.07 Å². The minimum atomic E-state index is -3.33. The summed E-state index contributed by atoms with van der Waals surface area (Å²) >= 11 is 0. The lowest BCUT2D eigenvalue weighted by Crippen LogP contribution is -2.10. The predicted molar refractivity (Wildman–Crippen MR) is 85.5 cm³/mol. The molecule has 0 bridgehead atoms. The number of hydrogen-bond donors (Lipinski definition) is 2. The van der Waals surface area contributed by atoms with Crippen LogP contribution in [0.5, 0.6) is 11.5 Å². The largest absolute Gasteiger partial charge is 0.497 e. The van der Waals surface area contributed by atoms with E-state index in [0.717, 1.165) is 11.9 Å². The van der Waals surface area contributed by atoms with Crippen LogP contribution in [0.15, 0.2) is 36.5 Å². The number of methoxy groups -OCH3 is 2. The zero-order chi connectivity index (χ0) is 16.2. The molecule has 0 aliphatic rings. The van der Waals surface area contributed by atoms with Crippen LogP contribution in [0.25, 0.3) is 0 Å². The molecule has 0 saturated heterocycles. The van der Waals surface area contributed by atoms with Gasteiger partial charge in [0, 0.05) is 6.07 Å². The van der Waals surface area contributed by atoms with Gasteiger partial charge in [0.15, 0.2) is 0 Å². The summed E-state index contributed by atoms with van der Waals surface area (Å²) in [7, 11) is -0.185. The summed E-state index contributed by atoms with van der Waals surface area (Å²) in [4.78, 5) is 4.03. The summed E-state index contributed by atoms with van der Waals surface area (Å²) in [6, 6.07) is 8.66. The third kappa shape index (κ3) is 4.26. The summed E-state index contributed by atoms with van der Waals surface area (Å²) in [5.41, 5.74) is 1.44. The Balaban J connectivity index is 2.17. The number of pyridine rings is 1. The van der Waals surface area contributed by atoms with Gasteiger partial charge < -0.3 is 14.8 Å². The van der Waals surface area contributed by atoms with Gasteiger partial charge in [-0.3, -0.25) is 4.72 Å². The lowest BCUT2D eigenvalue weighted by atomic mass is 10.2. The molecule has 8 heteroatoms. The SMILES string of the molecule is COc1ccc(Nc2ccc(NS(C)(=O)=O)nc2)c(OC)c1. The number of nitrogens with zero attached hydrogens (tertiary/aromatic N) is 1. The molecule has 118 valence electrons. The fourth-order valence-corrected chi connectivity index (χ4v) is 2.28. The van der Waals surface area contributed by atoms with Crippen LogP contribution in [0.3, 0.4) is 0 Å². The average Bonchev–Trinajstić information content (AvgIpc) is 2.48. The molecular formula is C14H17N3O4S. The number of anilines is 3. The second-order valence-corrected chi connectivity index (χ2v) is 6.25. The van der Waals surface area contributed by atoms with Crippen LogP contribution in [0, 0.1) is 0 Å². The lowest BCUT2D eigenvalue weighted by Gasteiger charge is -2.12. The van der Waals surface area contributed by atoms with Crippen LogP contribution in [-0.2, 0) is 10.0 Å². The van der Waals surface area contributed by atoms with E-state index in [9.17, 15) is 8.42 Å². The number of aromatic nitrogens is 1. The monoisotopic (exact) mass is 323 g/mol. The molecule has 0 spiro atoms. The Morgan fingerprint density at radius 1 is 1.09 bits per heavy atom. The molecule has 0 aliphatic carbocycles. The molecule has 22 heavy (non-hydrogen) atoms. The summed E-state index contributed by atoms with van der Waals surface area (Å²) in [6.45, 7) is 0. The van der Waals surface area contributed by atoms with Gasteiger partial charge in [-0.2, -0.15) is 0 Å². The highest BCUT2D eigenvalue weighted by molar-refractivity contribution is 7.92. The van der Waals surface area contributed by atoms with Crippen molar-refractivity contribution in [1.29, 1.82) is 0 Å². The summed E-state index contributed by atoms with van der Waals surface area (Å²) < 4.78 is 35.0. The molecule has 0 amide bonds. The molecule has 0 atom stereocenters. The van der Waals surface area contributed by atoms with Gasteiger partial charge in [-0.05, 0) is 24.3 Å². The quantitative estimate of drug-likeness (QED) is 0.847. The Kier molecular flexibility index (Phi) is 4.71. The zero-order valence-corrected chi connectivity index (χ0v) is 13.3. The Hall–Kier alpha value is -2.48. The molecule has 7 nitrogen and oxygen atoms in total. The molecule has 1 heterocycles. The number of sulfonamides is 1. The third-order valence-corrected chi connectivity index (χ3v) is 3.32. The standard InChI is InChI=1S/C14H17N3O4S/c1-20-11-5-6-12(13(8-11)21-2)16-10-4-7-14(15-9-10)17-22(3,18)19/h4-9,16H,1-3H3,(H,15,17). The van der Waals surface area contributed by atoms with E-state index in [1.165, 1.54) is 6.20 Å². The first-order valence-corrected chi connectivity index (χ1v) is 8.23. The Labute approximate surface area is 129 Å². The summed E-state index contributed by atoms with van der Waals surface area (Å²) in [6.07, 6.45) is 2.60. The van der Waals surface area contributed by atoms with Crippen LogP contribution >= 0.6 is 0 Å². The topological polar surface area (TPSA) is 89.6 Å². The van der Waals surface area contributed by atoms with Crippen LogP contribution in [0.1, 0.15) is 0 Å². The minimum Gasteiger partial charge on any atom is -0.497 e. The van der Waals surface area contributed by atoms with Crippen molar-refractivity contribution in [3.8, 4) is 11.5 Å². The highest BCUT2D eigenvalue weighted by Crippen LogP contribution is 2.31. The van der Waals surface area contributed by atoms with Crippen molar-refractivity contribution in [3.05, 3.63) is 36.5 Å². The predicted octanol–water partition coefficient (Wildman–Crippen LogP) is 2.21. The summed E-state index contributed by atoms with van der Waals surface area (Å²) in [5.74, 6) is 1.57. The van der Waals surface area contributed by atoms with Gasteiger partial charge in [-0.25, -0.2) is 13.4 Å². The summed E-state index contributed by atoms with van der Waals surface area (Å²) in [5, 5.41) is 3.14. The van der Waals surface area contributed by atoms with Gasteiger partial charge in [-0.1, -0.05) is 0 Å². The van der Waals surface area contributed by atoms with Gasteiger partial charge in [0.2, 0.25) is 10.0 Å². The molecule has 0 saturated carbocycles. The molecule has 0 aliphatic heterocycles. The number of nitrogens with one attached hydrogen (secondary N) is 2. The first-order chi connectivity index (χ1) is 10.4. The fraction of sp³-hybridized carbons (Fsp3) is 0.214. The van der Waals surface area contributed by atoms with Crippen LogP contribution in [0.2, 0.25) is 0 Å². The van der Waals surface area contributed by atoms with Crippen molar-refractivity contribution in [2.24, 2.45) is 0 Å². The molecule has 2 rings (SSSR count). The normalized spacial score (nSPS) is 10.9. The highest BCUT2D eigenvalue weighted by atomic mass is 32.2. The van der Waals surface area contributed by atoms with Crippen molar-refractivity contribution in [2.75, 3.05) is 30.5 Å². The smallest absolute Gasteiger partial charge is 0.230 e. The van der Waals surface area contributed by atoms with E-state index in [2.05, 4.69) is 15.0 Å². The molecular weight excluding hydrogens is 306 g/mol. The highest BCUT2D eigenvalue weighted by Gasteiger charge is 2.07. The molecule has 0 radical (unpaired) electrons. The van der Waals surface area contributed by atoms with E-state index in [0.29, 0.717) is 17.2 Å². The molecule has 1 aromatic carbocycles. The van der Waals surface area contributed by atoms with E-state index in [1.54, 1.807) is 38.5 Å². The van der Waals surface area contributed by atoms with Crippen molar-refractivity contribution in [1.82, 2.24) is 4.98 Å². The molecule has 2 aromatic rings. The maximum Gasteiger partial charge on any atom is 0.230 e. The second kappa shape index (κ2) is 6.52. The van der Waals surface area contributed by atoms with Gasteiger partial charge in [-0.15, -0.1) is 0 Å². The van der Waals surface area contributed by atoms with Gasteiger partial charge in [0.1, 0.15) is 17.3 Å². The minimum absolute atomic E-state index is 0.259. The second-order valence-electron chi connectivity index (χ2n) is 4.50. The first kappa shape index (κ1) is 15.9. The fourth-order valence-electron chi connectivity index (χ4n) is 1.78. The van der Waals surface area contributed by atoms with Crippen LogP contribution < -0.4 is 19.5 Å². The Bertz CT molecular complexity index is 745. The maximum atomic E-state index is 11.1. The van der Waals surface area contributed by atoms with E-state index < -0.39 is 10.0 Å². The molecule has 0 unspecified atom stereocenters. The van der Waals surface area contributed by atoms with Gasteiger partial charge >= 0.3 is 0 Å².